The van der Waals surface area contributed by atoms with Gasteiger partial charge in [0.15, 0.2) is 0 Å². The van der Waals surface area contributed by atoms with Crippen LogP contribution in [0.3, 0.4) is 0 Å². The Morgan fingerprint density at radius 2 is 1.81 bits per heavy atom. The highest BCUT2D eigenvalue weighted by atomic mass is 32.1. The van der Waals surface area contributed by atoms with Crippen molar-refractivity contribution in [3.63, 3.8) is 0 Å². The number of amides is 2. The lowest BCUT2D eigenvalue weighted by Crippen LogP contribution is -2.36. The summed E-state index contributed by atoms with van der Waals surface area (Å²) in [6.07, 6.45) is 3.03. The molecule has 144 valence electrons. The topological polar surface area (TPSA) is 89.3 Å². The van der Waals surface area contributed by atoms with E-state index in [0.29, 0.717) is 31.1 Å². The molecule has 0 aliphatic carbocycles. The first-order valence-corrected chi connectivity index (χ1v) is 10.2. The number of fused-ring (bicyclic) bond motifs is 1. The average molecular weight is 388 g/mol. The maximum Gasteiger partial charge on any atom is 0.323 e. The molecule has 27 heavy (non-hydrogen) atoms. The first kappa shape index (κ1) is 18.0. The summed E-state index contributed by atoms with van der Waals surface area (Å²) in [4.78, 5) is 46.3. The lowest BCUT2D eigenvalue weighted by Gasteiger charge is -2.22. The minimum Gasteiger partial charge on any atom is -0.342 e. The molecule has 2 aromatic rings. The van der Waals surface area contributed by atoms with Crippen molar-refractivity contribution in [3.05, 3.63) is 44.3 Å². The summed E-state index contributed by atoms with van der Waals surface area (Å²) in [5, 5.41) is 2.08. The standard InChI is InChI=1S/C19H24N4O3S/c1-12-4-16(27-11-12)5-18(25)23-9-13-7-22(8-14(13)10-23)17(24)3-2-15-6-20-19(26)21-15/h4,6,11,13-14H,2-3,5,7-10H2,1H3,(H2,20,21,26)/t13-,14+. The van der Waals surface area contributed by atoms with Crippen LogP contribution in [0.15, 0.2) is 22.4 Å². The molecule has 2 amide bonds. The summed E-state index contributed by atoms with van der Waals surface area (Å²) in [6, 6.07) is 2.08. The molecule has 2 atom stereocenters. The largest absolute Gasteiger partial charge is 0.342 e. The third-order valence-corrected chi connectivity index (χ3v) is 6.62. The van der Waals surface area contributed by atoms with Gasteiger partial charge < -0.3 is 19.8 Å². The van der Waals surface area contributed by atoms with E-state index in [1.165, 1.54) is 5.56 Å². The van der Waals surface area contributed by atoms with Crippen LogP contribution in [-0.4, -0.2) is 57.8 Å². The van der Waals surface area contributed by atoms with Gasteiger partial charge in [0.1, 0.15) is 0 Å². The van der Waals surface area contributed by atoms with Gasteiger partial charge in [-0.25, -0.2) is 4.79 Å². The maximum atomic E-state index is 12.6. The third-order valence-electron chi connectivity index (χ3n) is 5.56. The summed E-state index contributed by atoms with van der Waals surface area (Å²) in [7, 11) is 0. The second-order valence-electron chi connectivity index (χ2n) is 7.65. The van der Waals surface area contributed by atoms with Crippen molar-refractivity contribution in [2.75, 3.05) is 26.2 Å². The zero-order chi connectivity index (χ0) is 19.0. The van der Waals surface area contributed by atoms with E-state index in [1.807, 2.05) is 16.7 Å². The second-order valence-corrected chi connectivity index (χ2v) is 8.65. The number of carbonyl (C=O) groups is 2. The number of aromatic amines is 2. The zero-order valence-electron chi connectivity index (χ0n) is 15.4. The Balaban J connectivity index is 1.25. The molecule has 0 unspecified atom stereocenters. The van der Waals surface area contributed by atoms with Crippen LogP contribution in [0.25, 0.3) is 0 Å². The van der Waals surface area contributed by atoms with Crippen LogP contribution in [0.2, 0.25) is 0 Å². The van der Waals surface area contributed by atoms with Gasteiger partial charge in [-0.15, -0.1) is 11.3 Å². The molecule has 2 aromatic heterocycles. The van der Waals surface area contributed by atoms with Crippen LogP contribution >= 0.6 is 11.3 Å². The molecule has 8 heteroatoms. The fourth-order valence-corrected chi connectivity index (χ4v) is 5.02. The molecule has 7 nitrogen and oxygen atoms in total. The van der Waals surface area contributed by atoms with Crippen molar-refractivity contribution in [2.45, 2.75) is 26.2 Å². The van der Waals surface area contributed by atoms with Crippen molar-refractivity contribution in [1.82, 2.24) is 19.8 Å². The first-order chi connectivity index (χ1) is 13.0. The highest BCUT2D eigenvalue weighted by molar-refractivity contribution is 7.10. The Morgan fingerprint density at radius 3 is 2.37 bits per heavy atom. The summed E-state index contributed by atoms with van der Waals surface area (Å²) < 4.78 is 0. The second kappa shape index (κ2) is 7.34. The molecule has 0 radical (unpaired) electrons. The molecule has 4 rings (SSSR count). The van der Waals surface area contributed by atoms with Crippen LogP contribution in [0.4, 0.5) is 0 Å². The van der Waals surface area contributed by atoms with E-state index in [0.717, 1.165) is 36.8 Å². The quantitative estimate of drug-likeness (QED) is 0.806. The van der Waals surface area contributed by atoms with Crippen molar-refractivity contribution >= 4 is 23.2 Å². The van der Waals surface area contributed by atoms with E-state index in [2.05, 4.69) is 21.4 Å². The number of likely N-dealkylation sites (tertiary alicyclic amines) is 2. The van der Waals surface area contributed by atoms with Crippen LogP contribution in [-0.2, 0) is 22.4 Å². The van der Waals surface area contributed by atoms with Crippen molar-refractivity contribution in [2.24, 2.45) is 11.8 Å². The first-order valence-electron chi connectivity index (χ1n) is 9.34. The highest BCUT2D eigenvalue weighted by Crippen LogP contribution is 2.32. The average Bonchev–Trinajstić information content (AvgIpc) is 3.37. The number of carbonyl (C=O) groups excluding carboxylic acids is 2. The summed E-state index contributed by atoms with van der Waals surface area (Å²) in [6.45, 7) is 5.01. The predicted molar refractivity (Wildman–Crippen MR) is 103 cm³/mol. The summed E-state index contributed by atoms with van der Waals surface area (Å²) in [5.74, 6) is 1.09. The molecule has 2 N–H and O–H groups in total. The van der Waals surface area contributed by atoms with Crippen LogP contribution in [0.5, 0.6) is 0 Å². The van der Waals surface area contributed by atoms with E-state index in [-0.39, 0.29) is 17.5 Å². The number of rotatable bonds is 5. The molecule has 0 saturated carbocycles. The summed E-state index contributed by atoms with van der Waals surface area (Å²) in [5.41, 5.74) is 1.72. The number of thiophene rings is 1. The number of hydrogen-bond donors (Lipinski definition) is 2. The molecule has 2 saturated heterocycles. The number of imidazole rings is 1. The van der Waals surface area contributed by atoms with E-state index in [4.69, 9.17) is 0 Å². The Morgan fingerprint density at radius 1 is 1.15 bits per heavy atom. The smallest absolute Gasteiger partial charge is 0.323 e. The number of hydrogen-bond acceptors (Lipinski definition) is 4. The van der Waals surface area contributed by atoms with Gasteiger partial charge in [0.25, 0.3) is 0 Å². The van der Waals surface area contributed by atoms with Crippen LogP contribution in [0, 0.1) is 18.8 Å². The monoisotopic (exact) mass is 388 g/mol. The van der Waals surface area contributed by atoms with E-state index in [9.17, 15) is 14.4 Å². The van der Waals surface area contributed by atoms with Gasteiger partial charge in [0, 0.05) is 61.2 Å². The SMILES string of the molecule is Cc1csc(CC(=O)N2C[C@H]3CN(C(=O)CCc4c[nH]c(=O)[nH]4)C[C@H]3C2)c1. The minimum atomic E-state index is -0.240. The number of nitrogens with zero attached hydrogens (tertiary/aromatic N) is 2. The Bertz CT molecular complexity index is 885. The molecule has 0 bridgehead atoms. The van der Waals surface area contributed by atoms with Gasteiger partial charge in [-0.3, -0.25) is 9.59 Å². The predicted octanol–water partition coefficient (Wildman–Crippen LogP) is 1.17. The zero-order valence-corrected chi connectivity index (χ0v) is 16.2. The van der Waals surface area contributed by atoms with E-state index >= 15 is 0 Å². The minimum absolute atomic E-state index is 0.124. The van der Waals surface area contributed by atoms with Crippen LogP contribution in [0.1, 0.15) is 22.6 Å². The van der Waals surface area contributed by atoms with Crippen molar-refractivity contribution in [1.29, 1.82) is 0 Å². The van der Waals surface area contributed by atoms with Crippen molar-refractivity contribution in [3.8, 4) is 0 Å². The molecule has 2 fully saturated rings. The third kappa shape index (κ3) is 4.00. The maximum absolute atomic E-state index is 12.6. The van der Waals surface area contributed by atoms with Gasteiger partial charge in [0.05, 0.1) is 6.42 Å². The van der Waals surface area contributed by atoms with Gasteiger partial charge in [-0.1, -0.05) is 0 Å². The lowest BCUT2D eigenvalue weighted by atomic mass is 10.0. The fraction of sp³-hybridized carbons (Fsp3) is 0.526. The molecular weight excluding hydrogens is 364 g/mol. The number of aromatic nitrogens is 2. The molecule has 4 heterocycles. The van der Waals surface area contributed by atoms with Gasteiger partial charge in [-0.2, -0.15) is 0 Å². The number of nitrogens with one attached hydrogen (secondary N) is 2. The molecule has 0 spiro atoms. The number of H-pyrrole nitrogens is 2. The van der Waals surface area contributed by atoms with Crippen molar-refractivity contribution < 1.29 is 9.59 Å². The highest BCUT2D eigenvalue weighted by Gasteiger charge is 2.42. The Kier molecular flexibility index (Phi) is 4.90. The van der Waals surface area contributed by atoms with Gasteiger partial charge >= 0.3 is 5.69 Å². The molecular formula is C19H24N4O3S. The molecule has 0 aromatic carbocycles. The fourth-order valence-electron chi connectivity index (χ4n) is 4.15. The van der Waals surface area contributed by atoms with E-state index in [1.54, 1.807) is 17.5 Å². The van der Waals surface area contributed by atoms with Gasteiger partial charge in [-0.05, 0) is 30.4 Å². The van der Waals surface area contributed by atoms with Gasteiger partial charge in [0.2, 0.25) is 11.8 Å². The van der Waals surface area contributed by atoms with Crippen LogP contribution < -0.4 is 5.69 Å². The number of aryl methyl sites for hydroxylation is 2. The van der Waals surface area contributed by atoms with E-state index < -0.39 is 0 Å². The molecule has 2 aliphatic rings. The lowest BCUT2D eigenvalue weighted by molar-refractivity contribution is -0.131. The Labute approximate surface area is 161 Å². The molecule has 2 aliphatic heterocycles. The summed E-state index contributed by atoms with van der Waals surface area (Å²) >= 11 is 1.64. The normalized spacial score (nSPS) is 21.7. The Hall–Kier alpha value is -2.35.